The summed E-state index contributed by atoms with van der Waals surface area (Å²) >= 11 is 0. The monoisotopic (exact) mass is 419 g/mol. The van der Waals surface area contributed by atoms with Crippen LogP contribution in [0.3, 0.4) is 0 Å². The fraction of sp³-hybridized carbons (Fsp3) is 0.500. The van der Waals surface area contributed by atoms with Crippen molar-refractivity contribution in [2.45, 2.75) is 32.8 Å². The van der Waals surface area contributed by atoms with Gasteiger partial charge in [0.15, 0.2) is 17.6 Å². The van der Waals surface area contributed by atoms with Crippen molar-refractivity contribution in [2.75, 3.05) is 38.3 Å². The Morgan fingerprint density at radius 2 is 1.70 bits per heavy atom. The highest BCUT2D eigenvalue weighted by Gasteiger charge is 2.24. The van der Waals surface area contributed by atoms with Gasteiger partial charge in [-0.25, -0.2) is 0 Å². The molecule has 0 spiro atoms. The largest absolute Gasteiger partial charge is 0.454 e. The van der Waals surface area contributed by atoms with Crippen molar-refractivity contribution in [2.24, 2.45) is 0 Å². The second kappa shape index (κ2) is 9.47. The first-order valence-corrected chi connectivity index (χ1v) is 9.77. The van der Waals surface area contributed by atoms with Gasteiger partial charge in [-0.2, -0.15) is 0 Å². The summed E-state index contributed by atoms with van der Waals surface area (Å²) in [5.41, 5.74) is 0.493. The minimum atomic E-state index is -1.02. The number of rotatable bonds is 6. The van der Waals surface area contributed by atoms with Crippen LogP contribution in [0, 0.1) is 0 Å². The number of fused-ring (bicyclic) bond motifs is 1. The summed E-state index contributed by atoms with van der Waals surface area (Å²) in [6.07, 6.45) is -1.14. The first-order valence-electron chi connectivity index (χ1n) is 9.77. The molecule has 1 fully saturated rings. The number of amides is 3. The number of hydrogen-bond acceptors (Lipinski definition) is 7. The Morgan fingerprint density at radius 1 is 1.03 bits per heavy atom. The van der Waals surface area contributed by atoms with Crippen LogP contribution in [0.1, 0.15) is 26.7 Å². The predicted octanol–water partition coefficient (Wildman–Crippen LogP) is 0.756. The smallest absolute Gasteiger partial charge is 0.307 e. The molecule has 162 valence electrons. The number of piperazine rings is 1. The first-order chi connectivity index (χ1) is 14.3. The first kappa shape index (κ1) is 21.4. The Labute approximate surface area is 174 Å². The van der Waals surface area contributed by atoms with Crippen LogP contribution < -0.4 is 14.8 Å². The van der Waals surface area contributed by atoms with E-state index in [-0.39, 0.29) is 31.4 Å². The third kappa shape index (κ3) is 5.40. The molecule has 1 aromatic rings. The number of hydrogen-bond donors (Lipinski definition) is 1. The zero-order valence-corrected chi connectivity index (χ0v) is 17.0. The van der Waals surface area contributed by atoms with Crippen LogP contribution in [0.25, 0.3) is 0 Å². The van der Waals surface area contributed by atoms with Gasteiger partial charge in [-0.3, -0.25) is 19.2 Å². The van der Waals surface area contributed by atoms with Crippen LogP contribution in [-0.4, -0.2) is 72.6 Å². The zero-order valence-electron chi connectivity index (χ0n) is 17.0. The number of carbonyl (C=O) groups is 4. The molecule has 2 aliphatic heterocycles. The highest BCUT2D eigenvalue weighted by atomic mass is 16.7. The second-order valence-corrected chi connectivity index (χ2v) is 7.08. The van der Waals surface area contributed by atoms with Crippen molar-refractivity contribution in [3.8, 4) is 11.5 Å². The molecule has 0 aliphatic carbocycles. The van der Waals surface area contributed by atoms with Crippen LogP contribution in [0.15, 0.2) is 18.2 Å². The molecule has 0 aromatic heterocycles. The summed E-state index contributed by atoms with van der Waals surface area (Å²) in [5, 5.41) is 2.65. The molecule has 1 atom stereocenters. The highest BCUT2D eigenvalue weighted by Crippen LogP contribution is 2.34. The molecule has 10 nitrogen and oxygen atoms in total. The van der Waals surface area contributed by atoms with E-state index >= 15 is 0 Å². The minimum Gasteiger partial charge on any atom is -0.454 e. The number of ether oxygens (including phenoxy) is 3. The maximum absolute atomic E-state index is 12.3. The third-order valence-electron chi connectivity index (χ3n) is 4.94. The molecule has 2 heterocycles. The SMILES string of the molecule is CC(=O)N1CCN(C(=O)CCC(=O)O[C@H](C)C(=O)Nc2ccc3c(c2)OCO3)CC1. The molecule has 10 heteroatoms. The normalized spacial score (nSPS) is 16.1. The van der Waals surface area contributed by atoms with Crippen LogP contribution in [-0.2, 0) is 23.9 Å². The molecule has 3 amide bonds. The van der Waals surface area contributed by atoms with Gasteiger partial charge in [-0.15, -0.1) is 0 Å². The molecule has 0 unspecified atom stereocenters. The fourth-order valence-electron chi connectivity index (χ4n) is 3.17. The summed E-state index contributed by atoms with van der Waals surface area (Å²) < 4.78 is 15.6. The Bertz CT molecular complexity index is 834. The van der Waals surface area contributed by atoms with Crippen LogP contribution in [0.5, 0.6) is 11.5 Å². The lowest BCUT2D eigenvalue weighted by atomic mass is 10.2. The molecule has 30 heavy (non-hydrogen) atoms. The molecule has 1 N–H and O–H groups in total. The lowest BCUT2D eigenvalue weighted by Gasteiger charge is -2.34. The maximum atomic E-state index is 12.3. The van der Waals surface area contributed by atoms with Crippen LogP contribution in [0.4, 0.5) is 5.69 Å². The summed E-state index contributed by atoms with van der Waals surface area (Å²) in [6.45, 7) is 4.96. The summed E-state index contributed by atoms with van der Waals surface area (Å²) in [4.78, 5) is 51.2. The van der Waals surface area contributed by atoms with E-state index < -0.39 is 18.0 Å². The molecule has 0 bridgehead atoms. The molecule has 3 rings (SSSR count). The van der Waals surface area contributed by atoms with Crippen molar-refractivity contribution in [3.63, 3.8) is 0 Å². The fourth-order valence-corrected chi connectivity index (χ4v) is 3.17. The van der Waals surface area contributed by atoms with E-state index in [4.69, 9.17) is 14.2 Å². The average molecular weight is 419 g/mol. The zero-order chi connectivity index (χ0) is 21.7. The van der Waals surface area contributed by atoms with Crippen LogP contribution in [0.2, 0.25) is 0 Å². The van der Waals surface area contributed by atoms with Crippen molar-refractivity contribution in [1.82, 2.24) is 9.80 Å². The van der Waals surface area contributed by atoms with Crippen molar-refractivity contribution < 1.29 is 33.4 Å². The van der Waals surface area contributed by atoms with Gasteiger partial charge >= 0.3 is 5.97 Å². The Balaban J connectivity index is 1.39. The van der Waals surface area contributed by atoms with E-state index in [0.717, 1.165) is 0 Å². The Hall–Kier alpha value is -3.30. The number of benzene rings is 1. The minimum absolute atomic E-state index is 0.00456. The van der Waals surface area contributed by atoms with Gasteiger partial charge in [0.25, 0.3) is 5.91 Å². The van der Waals surface area contributed by atoms with Gasteiger partial charge in [0.05, 0.1) is 6.42 Å². The average Bonchev–Trinajstić information content (AvgIpc) is 3.19. The second-order valence-electron chi connectivity index (χ2n) is 7.08. The van der Waals surface area contributed by atoms with E-state index in [1.807, 2.05) is 0 Å². The van der Waals surface area contributed by atoms with Crippen LogP contribution >= 0.6 is 0 Å². The van der Waals surface area contributed by atoms with E-state index in [1.165, 1.54) is 13.8 Å². The standard InChI is InChI=1S/C20H25N3O7/c1-13(20(27)21-15-3-4-16-17(11-15)29-12-28-16)30-19(26)6-5-18(25)23-9-7-22(8-10-23)14(2)24/h3-4,11,13H,5-10,12H2,1-2H3,(H,21,27)/t13-/m1/s1. The van der Waals surface area contributed by atoms with Gasteiger partial charge in [-0.1, -0.05) is 0 Å². The van der Waals surface area contributed by atoms with Gasteiger partial charge in [0, 0.05) is 51.3 Å². The number of nitrogens with zero attached hydrogens (tertiary/aromatic N) is 2. The van der Waals surface area contributed by atoms with Crippen molar-refractivity contribution in [3.05, 3.63) is 18.2 Å². The van der Waals surface area contributed by atoms with Gasteiger partial charge < -0.3 is 29.3 Å². The van der Waals surface area contributed by atoms with E-state index in [1.54, 1.807) is 28.0 Å². The molecule has 1 aromatic carbocycles. The Kier molecular flexibility index (Phi) is 6.76. The quantitative estimate of drug-likeness (QED) is 0.677. The molecular weight excluding hydrogens is 394 g/mol. The van der Waals surface area contributed by atoms with Crippen molar-refractivity contribution in [1.29, 1.82) is 0 Å². The molecule has 1 saturated heterocycles. The summed E-state index contributed by atoms with van der Waals surface area (Å²) in [7, 11) is 0. The summed E-state index contributed by atoms with van der Waals surface area (Å²) in [6, 6.07) is 4.96. The lowest BCUT2D eigenvalue weighted by Crippen LogP contribution is -2.50. The number of anilines is 1. The van der Waals surface area contributed by atoms with E-state index in [9.17, 15) is 19.2 Å². The highest BCUT2D eigenvalue weighted by molar-refractivity contribution is 5.95. The van der Waals surface area contributed by atoms with Gasteiger partial charge in [-0.05, 0) is 19.1 Å². The summed E-state index contributed by atoms with van der Waals surface area (Å²) in [5.74, 6) is -0.181. The number of nitrogens with one attached hydrogen (secondary N) is 1. The maximum Gasteiger partial charge on any atom is 0.307 e. The molecular formula is C20H25N3O7. The van der Waals surface area contributed by atoms with E-state index in [2.05, 4.69) is 5.32 Å². The Morgan fingerprint density at radius 3 is 2.40 bits per heavy atom. The van der Waals surface area contributed by atoms with Gasteiger partial charge in [0.1, 0.15) is 0 Å². The van der Waals surface area contributed by atoms with Crippen molar-refractivity contribution >= 4 is 29.4 Å². The number of esters is 1. The predicted molar refractivity (Wildman–Crippen MR) is 105 cm³/mol. The number of carbonyl (C=O) groups excluding carboxylic acids is 4. The lowest BCUT2D eigenvalue weighted by molar-refractivity contribution is -0.154. The molecule has 0 saturated carbocycles. The third-order valence-corrected chi connectivity index (χ3v) is 4.94. The molecule has 0 radical (unpaired) electrons. The van der Waals surface area contributed by atoms with E-state index in [0.29, 0.717) is 43.4 Å². The topological polar surface area (TPSA) is 114 Å². The molecule has 2 aliphatic rings. The van der Waals surface area contributed by atoms with Gasteiger partial charge in [0.2, 0.25) is 18.6 Å².